The van der Waals surface area contributed by atoms with Crippen molar-refractivity contribution in [2.45, 2.75) is 36.7 Å². The van der Waals surface area contributed by atoms with Crippen LogP contribution in [0.5, 0.6) is 0 Å². The Bertz CT molecular complexity index is 788. The minimum atomic E-state index is -4.03. The second-order valence-electron chi connectivity index (χ2n) is 5.96. The van der Waals surface area contributed by atoms with Crippen molar-refractivity contribution in [2.24, 2.45) is 0 Å². The highest BCUT2D eigenvalue weighted by Gasteiger charge is 2.32. The first-order valence-corrected chi connectivity index (χ1v) is 9.51. The Kier molecular flexibility index (Phi) is 5.05. The third-order valence-electron chi connectivity index (χ3n) is 4.24. The van der Waals surface area contributed by atoms with Crippen molar-refractivity contribution in [3.05, 3.63) is 29.6 Å². The van der Waals surface area contributed by atoms with Crippen molar-refractivity contribution >= 4 is 22.0 Å². The number of sulfonamides is 1. The molecule has 0 spiro atoms. The van der Waals surface area contributed by atoms with Crippen molar-refractivity contribution in [1.29, 1.82) is 0 Å². The van der Waals surface area contributed by atoms with Gasteiger partial charge in [-0.3, -0.25) is 0 Å². The third-order valence-corrected chi connectivity index (χ3v) is 6.15. The van der Waals surface area contributed by atoms with Gasteiger partial charge in [0.1, 0.15) is 10.7 Å². The highest BCUT2D eigenvalue weighted by molar-refractivity contribution is 7.89. The van der Waals surface area contributed by atoms with Crippen LogP contribution in [0.4, 0.5) is 4.39 Å². The van der Waals surface area contributed by atoms with Crippen molar-refractivity contribution in [3.63, 3.8) is 0 Å². The summed E-state index contributed by atoms with van der Waals surface area (Å²) < 4.78 is 50.3. The van der Waals surface area contributed by atoms with Gasteiger partial charge in [-0.05, 0) is 31.0 Å². The summed E-state index contributed by atoms with van der Waals surface area (Å²) in [6.45, 7) is 0.809. The van der Waals surface area contributed by atoms with Gasteiger partial charge in [-0.15, -0.1) is 0 Å². The van der Waals surface area contributed by atoms with E-state index in [9.17, 15) is 22.4 Å². The molecule has 2 fully saturated rings. The molecule has 3 rings (SSSR count). The molecular weight excluding hydrogens is 353 g/mol. The lowest BCUT2D eigenvalue weighted by atomic mass is 10.2. The van der Waals surface area contributed by atoms with E-state index in [1.807, 2.05) is 0 Å². The molecule has 136 valence electrons. The zero-order chi connectivity index (χ0) is 18.0. The number of benzene rings is 1. The van der Waals surface area contributed by atoms with Crippen molar-refractivity contribution in [3.8, 4) is 0 Å². The topological polar surface area (TPSA) is 90.0 Å². The lowest BCUT2D eigenvalue weighted by Crippen LogP contribution is -2.36. The van der Waals surface area contributed by atoms with E-state index >= 15 is 0 Å². The molecule has 9 heteroatoms. The second-order valence-corrected chi connectivity index (χ2v) is 7.87. The van der Waals surface area contributed by atoms with Gasteiger partial charge in [0.2, 0.25) is 16.1 Å². The number of esters is 2. The fourth-order valence-corrected chi connectivity index (χ4v) is 4.46. The van der Waals surface area contributed by atoms with E-state index in [4.69, 9.17) is 9.47 Å². The molecular formula is C16H18FNO6S. The van der Waals surface area contributed by atoms with Crippen LogP contribution in [0.2, 0.25) is 0 Å². The summed E-state index contributed by atoms with van der Waals surface area (Å²) in [5, 5.41) is 0. The molecule has 0 aliphatic carbocycles. The Morgan fingerprint density at radius 2 is 1.96 bits per heavy atom. The SMILES string of the molecule is O=C(OC1CCOC1=O)c1ccc(F)c(S(=O)(=O)N2CCCCC2)c1. The fraction of sp³-hybridized carbons (Fsp3) is 0.500. The molecule has 0 amide bonds. The molecule has 0 saturated carbocycles. The predicted octanol–water partition coefficient (Wildman–Crippen LogP) is 1.47. The van der Waals surface area contributed by atoms with Gasteiger partial charge >= 0.3 is 11.9 Å². The number of halogens is 1. The quantitative estimate of drug-likeness (QED) is 0.745. The normalized spacial score (nSPS) is 21.8. The van der Waals surface area contributed by atoms with Crippen LogP contribution in [0.1, 0.15) is 36.0 Å². The lowest BCUT2D eigenvalue weighted by molar-refractivity contribution is -0.145. The van der Waals surface area contributed by atoms with E-state index in [1.54, 1.807) is 0 Å². The number of piperidine rings is 1. The van der Waals surface area contributed by atoms with Gasteiger partial charge in [-0.2, -0.15) is 4.31 Å². The summed E-state index contributed by atoms with van der Waals surface area (Å²) in [6.07, 6.45) is 1.58. The van der Waals surface area contributed by atoms with E-state index < -0.39 is 38.8 Å². The summed E-state index contributed by atoms with van der Waals surface area (Å²) in [5.74, 6) is -2.46. The van der Waals surface area contributed by atoms with Gasteiger partial charge < -0.3 is 9.47 Å². The Balaban J connectivity index is 1.84. The largest absolute Gasteiger partial charge is 0.463 e. The minimum absolute atomic E-state index is 0.128. The summed E-state index contributed by atoms with van der Waals surface area (Å²) >= 11 is 0. The second kappa shape index (κ2) is 7.09. The summed E-state index contributed by atoms with van der Waals surface area (Å²) in [4.78, 5) is 23.0. The molecule has 2 heterocycles. The van der Waals surface area contributed by atoms with Gasteiger partial charge in [0.05, 0.1) is 12.2 Å². The molecule has 2 aliphatic rings. The monoisotopic (exact) mass is 371 g/mol. The Morgan fingerprint density at radius 3 is 2.60 bits per heavy atom. The van der Waals surface area contributed by atoms with Crippen molar-refractivity contribution < 1.29 is 31.9 Å². The average molecular weight is 371 g/mol. The number of ether oxygens (including phenoxy) is 2. The lowest BCUT2D eigenvalue weighted by Gasteiger charge is -2.26. The van der Waals surface area contributed by atoms with Crippen LogP contribution in [0, 0.1) is 5.82 Å². The molecule has 0 radical (unpaired) electrons. The van der Waals surface area contributed by atoms with E-state index in [0.717, 1.165) is 24.6 Å². The maximum Gasteiger partial charge on any atom is 0.347 e. The molecule has 7 nitrogen and oxygen atoms in total. The number of hydrogen-bond donors (Lipinski definition) is 0. The molecule has 1 aromatic rings. The summed E-state index contributed by atoms with van der Waals surface area (Å²) in [6, 6.07) is 3.01. The van der Waals surface area contributed by atoms with Crippen LogP contribution in [0.15, 0.2) is 23.1 Å². The van der Waals surface area contributed by atoms with E-state index in [2.05, 4.69) is 0 Å². The average Bonchev–Trinajstić information content (AvgIpc) is 3.00. The number of hydrogen-bond acceptors (Lipinski definition) is 6. The molecule has 1 aromatic carbocycles. The van der Waals surface area contributed by atoms with Crippen molar-refractivity contribution in [2.75, 3.05) is 19.7 Å². The molecule has 25 heavy (non-hydrogen) atoms. The number of rotatable bonds is 4. The maximum absolute atomic E-state index is 14.1. The zero-order valence-electron chi connectivity index (χ0n) is 13.4. The van der Waals surface area contributed by atoms with Gasteiger partial charge in [0, 0.05) is 19.5 Å². The molecule has 0 N–H and O–H groups in total. The standard InChI is InChI=1S/C16H18FNO6S/c17-12-5-4-11(15(19)24-13-6-9-23-16(13)20)10-14(12)25(21,22)18-7-2-1-3-8-18/h4-5,10,13H,1-3,6-9H2. The van der Waals surface area contributed by atoms with Crippen LogP contribution in [0.3, 0.4) is 0 Å². The Labute approximate surface area is 144 Å². The van der Waals surface area contributed by atoms with E-state index in [-0.39, 0.29) is 18.6 Å². The minimum Gasteiger partial charge on any atom is -0.463 e. The van der Waals surface area contributed by atoms with Crippen LogP contribution in [0.25, 0.3) is 0 Å². The van der Waals surface area contributed by atoms with Crippen LogP contribution >= 0.6 is 0 Å². The number of carbonyl (C=O) groups is 2. The Morgan fingerprint density at radius 1 is 1.24 bits per heavy atom. The van der Waals surface area contributed by atoms with Crippen LogP contribution < -0.4 is 0 Å². The number of cyclic esters (lactones) is 1. The highest BCUT2D eigenvalue weighted by Crippen LogP contribution is 2.24. The van der Waals surface area contributed by atoms with Crippen LogP contribution in [-0.4, -0.2) is 50.5 Å². The van der Waals surface area contributed by atoms with Gasteiger partial charge in [0.15, 0.2) is 0 Å². The maximum atomic E-state index is 14.1. The van der Waals surface area contributed by atoms with E-state index in [0.29, 0.717) is 25.9 Å². The van der Waals surface area contributed by atoms with Crippen molar-refractivity contribution in [1.82, 2.24) is 4.31 Å². The first kappa shape index (κ1) is 17.8. The fourth-order valence-electron chi connectivity index (χ4n) is 2.85. The molecule has 0 aromatic heterocycles. The molecule has 2 aliphatic heterocycles. The van der Waals surface area contributed by atoms with E-state index in [1.165, 1.54) is 4.31 Å². The zero-order valence-corrected chi connectivity index (χ0v) is 14.3. The molecule has 1 unspecified atom stereocenters. The van der Waals surface area contributed by atoms with Crippen LogP contribution in [-0.2, 0) is 24.3 Å². The smallest absolute Gasteiger partial charge is 0.347 e. The van der Waals surface area contributed by atoms with Gasteiger partial charge in [-0.1, -0.05) is 6.42 Å². The summed E-state index contributed by atoms with van der Waals surface area (Å²) in [7, 11) is -4.03. The molecule has 1 atom stereocenters. The number of nitrogens with zero attached hydrogens (tertiary/aromatic N) is 1. The van der Waals surface area contributed by atoms with Gasteiger partial charge in [-0.25, -0.2) is 22.4 Å². The first-order chi connectivity index (χ1) is 11.9. The highest BCUT2D eigenvalue weighted by atomic mass is 32.2. The van der Waals surface area contributed by atoms with Gasteiger partial charge in [0.25, 0.3) is 0 Å². The predicted molar refractivity (Wildman–Crippen MR) is 83.8 cm³/mol. The molecule has 0 bridgehead atoms. The first-order valence-electron chi connectivity index (χ1n) is 8.07. The third kappa shape index (κ3) is 3.67. The number of carbonyl (C=O) groups excluding carboxylic acids is 2. The molecule has 2 saturated heterocycles. The Hall–Kier alpha value is -2.00. The summed E-state index contributed by atoms with van der Waals surface area (Å²) in [5.41, 5.74) is -0.128.